The Morgan fingerprint density at radius 3 is 1.58 bits per heavy atom. The third-order valence-corrected chi connectivity index (χ3v) is 3.79. The van der Waals surface area contributed by atoms with Gasteiger partial charge in [-0.25, -0.2) is 4.79 Å². The molecule has 0 aromatic rings. The number of hydrogen-bond acceptors (Lipinski definition) is 6. The number of rotatable bonds is 10. The van der Waals surface area contributed by atoms with Gasteiger partial charge in [0.25, 0.3) is 0 Å². The molecule has 24 heavy (non-hydrogen) atoms. The third-order valence-electron chi connectivity index (χ3n) is 3.79. The maximum Gasteiger partial charge on any atom is 0.337 e. The maximum absolute atomic E-state index is 11.6. The first kappa shape index (κ1) is 24.5. The summed E-state index contributed by atoms with van der Waals surface area (Å²) in [6.07, 6.45) is -1.55. The van der Waals surface area contributed by atoms with Crippen molar-refractivity contribution >= 4 is 17.9 Å². The minimum absolute atomic E-state index is 0.0432. The SMILES string of the molecule is CC(O)CO.CCOC(CC(=O)O)(C(=O)O)C(CC)(CC)C(=O)O. The highest BCUT2D eigenvalue weighted by Crippen LogP contribution is 2.44. The molecule has 0 heterocycles. The topological polar surface area (TPSA) is 162 Å². The van der Waals surface area contributed by atoms with E-state index in [0.717, 1.165) is 0 Å². The molecule has 2 unspecified atom stereocenters. The summed E-state index contributed by atoms with van der Waals surface area (Å²) in [5.74, 6) is -4.35. The number of aliphatic carboxylic acids is 3. The number of aliphatic hydroxyl groups is 2. The van der Waals surface area contributed by atoms with Gasteiger partial charge in [-0.15, -0.1) is 0 Å². The highest BCUT2D eigenvalue weighted by molar-refractivity contribution is 5.92. The van der Waals surface area contributed by atoms with Gasteiger partial charge in [0, 0.05) is 6.61 Å². The lowest BCUT2D eigenvalue weighted by Gasteiger charge is -2.42. The Morgan fingerprint density at radius 1 is 1.00 bits per heavy atom. The Morgan fingerprint density at radius 2 is 1.42 bits per heavy atom. The highest BCUT2D eigenvalue weighted by atomic mass is 16.5. The van der Waals surface area contributed by atoms with Crippen molar-refractivity contribution in [3.63, 3.8) is 0 Å². The van der Waals surface area contributed by atoms with E-state index in [0.29, 0.717) is 0 Å². The maximum atomic E-state index is 11.6. The van der Waals surface area contributed by atoms with Gasteiger partial charge < -0.3 is 30.3 Å². The molecule has 0 rings (SSSR count). The second-order valence-electron chi connectivity index (χ2n) is 5.26. The van der Waals surface area contributed by atoms with Gasteiger partial charge >= 0.3 is 17.9 Å². The van der Waals surface area contributed by atoms with Crippen molar-refractivity contribution in [1.29, 1.82) is 0 Å². The number of carbonyl (C=O) groups is 3. The van der Waals surface area contributed by atoms with E-state index in [4.69, 9.17) is 20.1 Å². The Hall–Kier alpha value is -1.71. The molecule has 0 aliphatic rings. The molecule has 9 nitrogen and oxygen atoms in total. The van der Waals surface area contributed by atoms with E-state index in [9.17, 15) is 24.6 Å². The van der Waals surface area contributed by atoms with Crippen molar-refractivity contribution in [1.82, 2.24) is 0 Å². The smallest absolute Gasteiger partial charge is 0.337 e. The molecule has 0 saturated carbocycles. The summed E-state index contributed by atoms with van der Waals surface area (Å²) in [4.78, 5) is 34.1. The van der Waals surface area contributed by atoms with Crippen molar-refractivity contribution in [2.75, 3.05) is 13.2 Å². The first-order valence-corrected chi connectivity index (χ1v) is 7.62. The van der Waals surface area contributed by atoms with Crippen LogP contribution in [0.25, 0.3) is 0 Å². The van der Waals surface area contributed by atoms with E-state index in [1.54, 1.807) is 0 Å². The molecule has 0 aromatic carbocycles. The molecular formula is C15H28O9. The molecule has 0 fully saturated rings. The van der Waals surface area contributed by atoms with Crippen LogP contribution in [0.2, 0.25) is 0 Å². The molecule has 0 aromatic heterocycles. The molecule has 9 heteroatoms. The van der Waals surface area contributed by atoms with Crippen molar-refractivity contribution in [3.8, 4) is 0 Å². The van der Waals surface area contributed by atoms with E-state index >= 15 is 0 Å². The molecule has 0 radical (unpaired) electrons. The fraction of sp³-hybridized carbons (Fsp3) is 0.800. The lowest BCUT2D eigenvalue weighted by Crippen LogP contribution is -2.60. The third kappa shape index (κ3) is 5.73. The van der Waals surface area contributed by atoms with Crippen molar-refractivity contribution < 1.29 is 44.7 Å². The van der Waals surface area contributed by atoms with Crippen LogP contribution in [0.5, 0.6) is 0 Å². The second-order valence-corrected chi connectivity index (χ2v) is 5.26. The average molecular weight is 352 g/mol. The minimum Gasteiger partial charge on any atom is -0.481 e. The van der Waals surface area contributed by atoms with E-state index < -0.39 is 41.4 Å². The monoisotopic (exact) mass is 352 g/mol. The largest absolute Gasteiger partial charge is 0.481 e. The number of aliphatic hydroxyl groups excluding tert-OH is 2. The summed E-state index contributed by atoms with van der Waals surface area (Å²) in [7, 11) is 0. The zero-order valence-corrected chi connectivity index (χ0v) is 14.5. The van der Waals surface area contributed by atoms with Crippen molar-refractivity contribution in [3.05, 3.63) is 0 Å². The summed E-state index contributed by atoms with van der Waals surface area (Å²) >= 11 is 0. The summed E-state index contributed by atoms with van der Waals surface area (Å²) < 4.78 is 5.15. The predicted molar refractivity (Wildman–Crippen MR) is 83.7 cm³/mol. The summed E-state index contributed by atoms with van der Waals surface area (Å²) in [5.41, 5.74) is -4.06. The van der Waals surface area contributed by atoms with E-state index in [1.807, 2.05) is 0 Å². The van der Waals surface area contributed by atoms with E-state index in [-0.39, 0.29) is 26.1 Å². The van der Waals surface area contributed by atoms with Crippen molar-refractivity contribution in [2.45, 2.75) is 58.7 Å². The predicted octanol–water partition coefficient (Wildman–Crippen LogP) is 0.571. The summed E-state index contributed by atoms with van der Waals surface area (Å²) in [5, 5.41) is 43.7. The van der Waals surface area contributed by atoms with Crippen LogP contribution in [0.1, 0.15) is 47.0 Å². The Kier molecular flexibility index (Phi) is 11.2. The van der Waals surface area contributed by atoms with Crippen LogP contribution in [0.3, 0.4) is 0 Å². The number of ether oxygens (including phenoxy) is 1. The van der Waals surface area contributed by atoms with Gasteiger partial charge in [0.05, 0.1) is 19.1 Å². The Balaban J connectivity index is 0. The normalized spacial score (nSPS) is 14.8. The fourth-order valence-corrected chi connectivity index (χ4v) is 2.46. The molecule has 0 bridgehead atoms. The van der Waals surface area contributed by atoms with Crippen LogP contribution in [0, 0.1) is 5.41 Å². The minimum atomic E-state index is -2.27. The standard InChI is InChI=1S/C12H20O7.C3H8O2/c1-4-11(5-2,9(15)16)12(10(17)18,19-6-3)7-8(13)14;1-3(5)2-4/h4-7H2,1-3H3,(H,13,14)(H,15,16)(H,17,18);3-5H,2H2,1H3. The Labute approximate surface area is 140 Å². The van der Waals surface area contributed by atoms with E-state index in [1.165, 1.54) is 27.7 Å². The van der Waals surface area contributed by atoms with Gasteiger partial charge in [0.1, 0.15) is 5.41 Å². The van der Waals surface area contributed by atoms with Crippen LogP contribution in [0.15, 0.2) is 0 Å². The fourth-order valence-electron chi connectivity index (χ4n) is 2.46. The number of hydrogen-bond donors (Lipinski definition) is 5. The summed E-state index contributed by atoms with van der Waals surface area (Å²) in [6.45, 7) is 5.82. The first-order chi connectivity index (χ1) is 11.0. The first-order valence-electron chi connectivity index (χ1n) is 7.62. The van der Waals surface area contributed by atoms with Crippen LogP contribution >= 0.6 is 0 Å². The molecule has 0 saturated heterocycles. The number of carboxylic acids is 3. The molecule has 142 valence electrons. The van der Waals surface area contributed by atoms with Crippen LogP contribution in [-0.4, -0.2) is 68.4 Å². The molecule has 0 aliphatic heterocycles. The van der Waals surface area contributed by atoms with Gasteiger partial charge in [-0.1, -0.05) is 13.8 Å². The highest BCUT2D eigenvalue weighted by Gasteiger charge is 2.61. The zero-order chi connectivity index (χ0) is 19.6. The molecule has 0 aliphatic carbocycles. The number of carboxylic acid groups (broad SMARTS) is 3. The second kappa shape index (κ2) is 11.0. The van der Waals surface area contributed by atoms with Gasteiger partial charge in [-0.3, -0.25) is 9.59 Å². The Bertz CT molecular complexity index is 415. The lowest BCUT2D eigenvalue weighted by molar-refractivity contribution is -0.205. The van der Waals surface area contributed by atoms with Gasteiger partial charge in [-0.2, -0.15) is 0 Å². The van der Waals surface area contributed by atoms with Crippen LogP contribution < -0.4 is 0 Å². The summed E-state index contributed by atoms with van der Waals surface area (Å²) in [6, 6.07) is 0. The average Bonchev–Trinajstić information content (AvgIpc) is 2.48. The van der Waals surface area contributed by atoms with Gasteiger partial charge in [0.15, 0.2) is 5.60 Å². The van der Waals surface area contributed by atoms with Crippen molar-refractivity contribution in [2.24, 2.45) is 5.41 Å². The van der Waals surface area contributed by atoms with Gasteiger partial charge in [0.2, 0.25) is 0 Å². The molecule has 0 amide bonds. The zero-order valence-electron chi connectivity index (χ0n) is 14.5. The quantitative estimate of drug-likeness (QED) is 0.378. The lowest BCUT2D eigenvalue weighted by atomic mass is 9.66. The molecule has 0 spiro atoms. The molecule has 5 N–H and O–H groups in total. The van der Waals surface area contributed by atoms with Crippen LogP contribution in [-0.2, 0) is 19.1 Å². The van der Waals surface area contributed by atoms with Gasteiger partial charge in [-0.05, 0) is 26.7 Å². The molecule has 2 atom stereocenters. The van der Waals surface area contributed by atoms with E-state index in [2.05, 4.69) is 0 Å². The van der Waals surface area contributed by atoms with Crippen LogP contribution in [0.4, 0.5) is 0 Å². The molecular weight excluding hydrogens is 324 g/mol.